The van der Waals surface area contributed by atoms with Gasteiger partial charge < -0.3 is 14.7 Å². The minimum atomic E-state index is -1.15. The third kappa shape index (κ3) is 2.94. The Bertz CT molecular complexity index is 497. The lowest BCUT2D eigenvalue weighted by Crippen LogP contribution is -2.46. The van der Waals surface area contributed by atoms with Crippen molar-refractivity contribution in [1.82, 2.24) is 9.80 Å². The Hall–Kier alpha value is -2.22. The maximum absolute atomic E-state index is 12.3. The minimum absolute atomic E-state index is 0.176. The van der Waals surface area contributed by atoms with Gasteiger partial charge in [0.15, 0.2) is 0 Å². The predicted molar refractivity (Wildman–Crippen MR) is 69.0 cm³/mol. The zero-order chi connectivity index (χ0) is 15.6. The Morgan fingerprint density at radius 2 is 1.95 bits per heavy atom. The summed E-state index contributed by atoms with van der Waals surface area (Å²) in [6.45, 7) is 1.92. The summed E-state index contributed by atoms with van der Waals surface area (Å²) in [5.41, 5.74) is 0. The van der Waals surface area contributed by atoms with Gasteiger partial charge >= 0.3 is 5.97 Å². The second-order valence-electron chi connectivity index (χ2n) is 4.80. The first-order valence-corrected chi connectivity index (χ1v) is 6.61. The molecule has 3 amide bonds. The summed E-state index contributed by atoms with van der Waals surface area (Å²) in [4.78, 5) is 48.6. The number of carboxylic acids is 1. The smallest absolute Gasteiger partial charge is 0.323 e. The van der Waals surface area contributed by atoms with Crippen LogP contribution in [0.1, 0.15) is 13.3 Å². The van der Waals surface area contributed by atoms with Gasteiger partial charge in [-0.1, -0.05) is 0 Å². The summed E-state index contributed by atoms with van der Waals surface area (Å²) in [7, 11) is 0. The summed E-state index contributed by atoms with van der Waals surface area (Å²) in [5.74, 6) is -2.79. The number of hydrogen-bond acceptors (Lipinski definition) is 5. The molecule has 0 spiro atoms. The highest BCUT2D eigenvalue weighted by Crippen LogP contribution is 2.26. The molecule has 1 fully saturated rings. The van der Waals surface area contributed by atoms with Gasteiger partial charge in [-0.3, -0.25) is 24.1 Å². The third-order valence-electron chi connectivity index (χ3n) is 3.48. The molecule has 21 heavy (non-hydrogen) atoms. The van der Waals surface area contributed by atoms with Crippen LogP contribution in [0.5, 0.6) is 0 Å². The predicted octanol–water partition coefficient (Wildman–Crippen LogP) is -0.998. The molecule has 0 aromatic heterocycles. The largest absolute Gasteiger partial charge is 0.480 e. The first-order chi connectivity index (χ1) is 9.95. The van der Waals surface area contributed by atoms with Crippen LogP contribution in [0.2, 0.25) is 0 Å². The van der Waals surface area contributed by atoms with E-state index in [1.54, 1.807) is 6.92 Å². The molecule has 1 N–H and O–H groups in total. The standard InChI is InChI=1S/C13H16N2O6/c1-2-21-7-8-5-9(13(20)14(8)6-12(18)19)15-10(16)3-4-11(15)17/h3-4,8-9H,2,5-7H2,1H3,(H,18,19)/t8-,9-/m0/s1. The van der Waals surface area contributed by atoms with Gasteiger partial charge in [-0.2, -0.15) is 0 Å². The van der Waals surface area contributed by atoms with E-state index >= 15 is 0 Å². The summed E-state index contributed by atoms with van der Waals surface area (Å²) in [6, 6.07) is -1.41. The summed E-state index contributed by atoms with van der Waals surface area (Å²) in [6.07, 6.45) is 2.39. The van der Waals surface area contributed by atoms with Crippen LogP contribution in [-0.2, 0) is 23.9 Å². The zero-order valence-electron chi connectivity index (χ0n) is 11.5. The van der Waals surface area contributed by atoms with E-state index in [4.69, 9.17) is 9.84 Å². The average molecular weight is 296 g/mol. The number of hydrogen-bond donors (Lipinski definition) is 1. The van der Waals surface area contributed by atoms with Gasteiger partial charge in [0, 0.05) is 25.2 Å². The second-order valence-corrected chi connectivity index (χ2v) is 4.80. The Balaban J connectivity index is 2.17. The molecular weight excluding hydrogens is 280 g/mol. The number of nitrogens with zero attached hydrogens (tertiary/aromatic N) is 2. The van der Waals surface area contributed by atoms with Gasteiger partial charge in [-0.25, -0.2) is 0 Å². The second kappa shape index (κ2) is 6.04. The molecule has 0 aromatic rings. The van der Waals surface area contributed by atoms with Crippen LogP contribution < -0.4 is 0 Å². The van der Waals surface area contributed by atoms with Crippen LogP contribution in [0, 0.1) is 0 Å². The molecule has 0 bridgehead atoms. The quantitative estimate of drug-likeness (QED) is 0.631. The Morgan fingerprint density at radius 3 is 2.48 bits per heavy atom. The van der Waals surface area contributed by atoms with Crippen LogP contribution in [0.25, 0.3) is 0 Å². The van der Waals surface area contributed by atoms with Crippen molar-refractivity contribution < 1.29 is 29.0 Å². The lowest BCUT2D eigenvalue weighted by Gasteiger charge is -2.22. The fourth-order valence-electron chi connectivity index (χ4n) is 2.56. The lowest BCUT2D eigenvalue weighted by atomic mass is 10.1. The van der Waals surface area contributed by atoms with E-state index in [9.17, 15) is 19.2 Å². The molecule has 114 valence electrons. The molecule has 8 nitrogen and oxygen atoms in total. The maximum atomic E-state index is 12.3. The highest BCUT2D eigenvalue weighted by Gasteiger charge is 2.47. The molecule has 0 unspecified atom stereocenters. The fourth-order valence-corrected chi connectivity index (χ4v) is 2.56. The first-order valence-electron chi connectivity index (χ1n) is 6.61. The number of carbonyl (C=O) groups excluding carboxylic acids is 3. The number of rotatable bonds is 6. The Morgan fingerprint density at radius 1 is 1.33 bits per heavy atom. The van der Waals surface area contributed by atoms with E-state index in [1.807, 2.05) is 0 Å². The molecule has 0 aromatic carbocycles. The van der Waals surface area contributed by atoms with Gasteiger partial charge in [0.2, 0.25) is 5.91 Å². The van der Waals surface area contributed by atoms with Crippen molar-refractivity contribution in [3.05, 3.63) is 12.2 Å². The summed E-state index contributed by atoms with van der Waals surface area (Å²) >= 11 is 0. The van der Waals surface area contributed by atoms with Crippen LogP contribution in [0.15, 0.2) is 12.2 Å². The number of aliphatic carboxylic acids is 1. The minimum Gasteiger partial charge on any atom is -0.480 e. The van der Waals surface area contributed by atoms with Crippen molar-refractivity contribution in [2.75, 3.05) is 19.8 Å². The lowest BCUT2D eigenvalue weighted by molar-refractivity contribution is -0.149. The normalized spacial score (nSPS) is 25.3. The SMILES string of the molecule is CCOC[C@@H]1C[C@H](N2C(=O)C=CC2=O)C(=O)N1CC(=O)O. The first kappa shape index (κ1) is 15.2. The molecule has 0 radical (unpaired) electrons. The maximum Gasteiger partial charge on any atom is 0.323 e. The molecule has 2 rings (SSSR count). The van der Waals surface area contributed by atoms with Crippen molar-refractivity contribution in [3.8, 4) is 0 Å². The van der Waals surface area contributed by atoms with Gasteiger partial charge in [0.1, 0.15) is 12.6 Å². The average Bonchev–Trinajstić information content (AvgIpc) is 2.89. The number of imide groups is 1. The summed E-state index contributed by atoms with van der Waals surface area (Å²) < 4.78 is 5.25. The van der Waals surface area contributed by atoms with E-state index in [0.717, 1.165) is 22.0 Å². The van der Waals surface area contributed by atoms with E-state index < -0.39 is 42.3 Å². The van der Waals surface area contributed by atoms with Gasteiger partial charge in [0.05, 0.1) is 12.6 Å². The van der Waals surface area contributed by atoms with E-state index in [1.165, 1.54) is 0 Å². The molecule has 1 saturated heterocycles. The van der Waals surface area contributed by atoms with Gasteiger partial charge in [-0.05, 0) is 6.92 Å². The number of likely N-dealkylation sites (tertiary alicyclic amines) is 1. The van der Waals surface area contributed by atoms with Crippen molar-refractivity contribution in [2.45, 2.75) is 25.4 Å². The van der Waals surface area contributed by atoms with Gasteiger partial charge in [-0.15, -0.1) is 0 Å². The zero-order valence-corrected chi connectivity index (χ0v) is 11.5. The van der Waals surface area contributed by atoms with Gasteiger partial charge in [0.25, 0.3) is 11.8 Å². The number of carboxylic acid groups (broad SMARTS) is 1. The fraction of sp³-hybridized carbons (Fsp3) is 0.538. The highest BCUT2D eigenvalue weighted by molar-refractivity contribution is 6.15. The molecule has 2 aliphatic rings. The summed E-state index contributed by atoms with van der Waals surface area (Å²) in [5, 5.41) is 8.90. The molecule has 2 aliphatic heterocycles. The van der Waals surface area contributed by atoms with Crippen molar-refractivity contribution >= 4 is 23.7 Å². The van der Waals surface area contributed by atoms with Crippen LogP contribution >= 0.6 is 0 Å². The number of carbonyl (C=O) groups is 4. The molecule has 8 heteroatoms. The monoisotopic (exact) mass is 296 g/mol. The van der Waals surface area contributed by atoms with Crippen LogP contribution in [-0.4, -0.2) is 70.4 Å². The number of ether oxygens (including phenoxy) is 1. The third-order valence-corrected chi connectivity index (χ3v) is 3.48. The van der Waals surface area contributed by atoms with Crippen molar-refractivity contribution in [3.63, 3.8) is 0 Å². The Labute approximate surface area is 120 Å². The highest BCUT2D eigenvalue weighted by atomic mass is 16.5. The topological polar surface area (TPSA) is 104 Å². The van der Waals surface area contributed by atoms with E-state index in [2.05, 4.69) is 0 Å². The van der Waals surface area contributed by atoms with Crippen LogP contribution in [0.4, 0.5) is 0 Å². The van der Waals surface area contributed by atoms with Crippen molar-refractivity contribution in [1.29, 1.82) is 0 Å². The van der Waals surface area contributed by atoms with E-state index in [-0.39, 0.29) is 13.0 Å². The Kier molecular flexibility index (Phi) is 4.37. The molecule has 2 atom stereocenters. The van der Waals surface area contributed by atoms with Crippen molar-refractivity contribution in [2.24, 2.45) is 0 Å². The molecule has 0 saturated carbocycles. The van der Waals surface area contributed by atoms with Crippen LogP contribution in [0.3, 0.4) is 0 Å². The molecule has 0 aliphatic carbocycles. The van der Waals surface area contributed by atoms with E-state index in [0.29, 0.717) is 6.61 Å². The molecular formula is C13H16N2O6. The molecule has 2 heterocycles. The number of amides is 3.